The van der Waals surface area contributed by atoms with Gasteiger partial charge in [-0.1, -0.05) is 13.5 Å². The van der Waals surface area contributed by atoms with Crippen LogP contribution in [-0.2, 0) is 23.9 Å². The van der Waals surface area contributed by atoms with Gasteiger partial charge >= 0.3 is 11.9 Å². The highest BCUT2D eigenvalue weighted by Gasteiger charge is 2.71. The highest BCUT2D eigenvalue weighted by Crippen LogP contribution is 2.59. The van der Waals surface area contributed by atoms with E-state index in [2.05, 4.69) is 6.58 Å². The van der Waals surface area contributed by atoms with Gasteiger partial charge < -0.3 is 14.6 Å². The SMILES string of the molecule is C=C1C(=O)O[C@@H]2[C@H]1CC[C@H](C)[C@]1(O)CCC(=O)[C@@]21COC(C)=O. The number of hydrogen-bond acceptors (Lipinski definition) is 6. The molecule has 0 amide bonds. The Morgan fingerprint density at radius 1 is 1.43 bits per heavy atom. The summed E-state index contributed by atoms with van der Waals surface area (Å²) in [6.45, 7) is 6.69. The Bertz CT molecular complexity index is 596. The fraction of sp³-hybridized carbons (Fsp3) is 0.706. The van der Waals surface area contributed by atoms with E-state index in [0.717, 1.165) is 0 Å². The minimum atomic E-state index is -1.39. The molecule has 0 unspecified atom stereocenters. The van der Waals surface area contributed by atoms with E-state index in [-0.39, 0.29) is 30.6 Å². The van der Waals surface area contributed by atoms with Crippen molar-refractivity contribution in [2.24, 2.45) is 17.3 Å². The number of hydrogen-bond donors (Lipinski definition) is 1. The van der Waals surface area contributed by atoms with E-state index in [1.807, 2.05) is 6.92 Å². The summed E-state index contributed by atoms with van der Waals surface area (Å²) >= 11 is 0. The van der Waals surface area contributed by atoms with Crippen LogP contribution in [0.25, 0.3) is 0 Å². The van der Waals surface area contributed by atoms with E-state index >= 15 is 0 Å². The monoisotopic (exact) mass is 322 g/mol. The molecule has 0 aromatic rings. The lowest BCUT2D eigenvalue weighted by Gasteiger charge is -2.45. The largest absolute Gasteiger partial charge is 0.465 e. The van der Waals surface area contributed by atoms with Gasteiger partial charge in [0, 0.05) is 24.8 Å². The van der Waals surface area contributed by atoms with Gasteiger partial charge in [-0.3, -0.25) is 9.59 Å². The molecule has 0 spiro atoms. The summed E-state index contributed by atoms with van der Waals surface area (Å²) in [7, 11) is 0. The number of fused-ring (bicyclic) bond motifs is 3. The maximum atomic E-state index is 12.8. The van der Waals surface area contributed by atoms with Gasteiger partial charge in [-0.05, 0) is 25.2 Å². The zero-order valence-corrected chi connectivity index (χ0v) is 13.5. The fourth-order valence-electron chi connectivity index (χ4n) is 4.63. The number of esters is 2. The van der Waals surface area contributed by atoms with Crippen LogP contribution in [0.4, 0.5) is 0 Å². The molecule has 6 nitrogen and oxygen atoms in total. The van der Waals surface area contributed by atoms with Crippen molar-refractivity contribution in [2.45, 2.75) is 51.2 Å². The summed E-state index contributed by atoms with van der Waals surface area (Å²) < 4.78 is 10.6. The maximum absolute atomic E-state index is 12.8. The molecule has 0 bridgehead atoms. The molecule has 3 fully saturated rings. The standard InChI is InChI=1S/C17H22O6/c1-9-4-5-12-10(2)15(20)23-14(12)16(8-22-11(3)18)13(19)6-7-17(9,16)21/h9,12,14,21H,2,4-8H2,1,3H3/t9-,12-,14+,16-,17+/m0/s1. The number of carbonyl (C=O) groups is 3. The quantitative estimate of drug-likeness (QED) is 0.606. The highest BCUT2D eigenvalue weighted by atomic mass is 16.6. The van der Waals surface area contributed by atoms with Crippen LogP contribution >= 0.6 is 0 Å². The van der Waals surface area contributed by atoms with Gasteiger partial charge in [0.2, 0.25) is 0 Å². The first-order chi connectivity index (χ1) is 10.7. The average molecular weight is 322 g/mol. The molecule has 5 atom stereocenters. The molecule has 0 radical (unpaired) electrons. The summed E-state index contributed by atoms with van der Waals surface area (Å²) in [6, 6.07) is 0. The van der Waals surface area contributed by atoms with Crippen LogP contribution in [0.3, 0.4) is 0 Å². The Balaban J connectivity index is 2.13. The molecule has 1 N–H and O–H groups in total. The Morgan fingerprint density at radius 3 is 2.78 bits per heavy atom. The second kappa shape index (κ2) is 5.16. The minimum absolute atomic E-state index is 0.165. The van der Waals surface area contributed by atoms with Crippen LogP contribution in [0.15, 0.2) is 12.2 Å². The van der Waals surface area contributed by atoms with Gasteiger partial charge in [0.15, 0.2) is 0 Å². The van der Waals surface area contributed by atoms with Gasteiger partial charge in [-0.25, -0.2) is 4.79 Å². The molecule has 6 heteroatoms. The molecule has 0 aromatic carbocycles. The third-order valence-electron chi connectivity index (χ3n) is 6.03. The molecule has 3 aliphatic rings. The summed E-state index contributed by atoms with van der Waals surface area (Å²) in [5, 5.41) is 11.4. The predicted molar refractivity (Wildman–Crippen MR) is 79.2 cm³/mol. The molecule has 126 valence electrons. The minimum Gasteiger partial charge on any atom is -0.465 e. The third kappa shape index (κ3) is 2.00. The van der Waals surface area contributed by atoms with Crippen LogP contribution in [0, 0.1) is 17.3 Å². The van der Waals surface area contributed by atoms with E-state index in [1.165, 1.54) is 6.92 Å². The number of aliphatic hydroxyl groups is 1. The van der Waals surface area contributed by atoms with Gasteiger partial charge in [-0.15, -0.1) is 0 Å². The van der Waals surface area contributed by atoms with Crippen LogP contribution in [-0.4, -0.2) is 41.1 Å². The smallest absolute Gasteiger partial charge is 0.334 e. The lowest BCUT2D eigenvalue weighted by molar-refractivity contribution is -0.190. The highest BCUT2D eigenvalue weighted by molar-refractivity contribution is 5.95. The first kappa shape index (κ1) is 16.2. The van der Waals surface area contributed by atoms with Crippen molar-refractivity contribution >= 4 is 17.7 Å². The summed E-state index contributed by atoms with van der Waals surface area (Å²) in [5.74, 6) is -1.75. The van der Waals surface area contributed by atoms with E-state index in [0.29, 0.717) is 24.8 Å². The van der Waals surface area contributed by atoms with Crippen LogP contribution in [0.1, 0.15) is 39.5 Å². The second-order valence-electron chi connectivity index (χ2n) is 7.04. The Morgan fingerprint density at radius 2 is 2.13 bits per heavy atom. The molecule has 2 aliphatic carbocycles. The Hall–Kier alpha value is -1.69. The maximum Gasteiger partial charge on any atom is 0.334 e. The first-order valence-electron chi connectivity index (χ1n) is 8.03. The van der Waals surface area contributed by atoms with Crippen molar-refractivity contribution in [3.05, 3.63) is 12.2 Å². The number of ketones is 1. The van der Waals surface area contributed by atoms with Crippen molar-refractivity contribution in [1.29, 1.82) is 0 Å². The molecule has 23 heavy (non-hydrogen) atoms. The lowest BCUT2D eigenvalue weighted by Crippen LogP contribution is -2.60. The Labute approximate surface area is 134 Å². The van der Waals surface area contributed by atoms with Crippen molar-refractivity contribution in [1.82, 2.24) is 0 Å². The molecular formula is C17H22O6. The van der Waals surface area contributed by atoms with Gasteiger partial charge in [0.25, 0.3) is 0 Å². The molecule has 1 heterocycles. The topological polar surface area (TPSA) is 89.9 Å². The normalized spacial score (nSPS) is 42.7. The molecular weight excluding hydrogens is 300 g/mol. The first-order valence-corrected chi connectivity index (χ1v) is 8.03. The van der Waals surface area contributed by atoms with Gasteiger partial charge in [-0.2, -0.15) is 0 Å². The number of carbonyl (C=O) groups excluding carboxylic acids is 3. The summed E-state index contributed by atoms with van der Waals surface area (Å²) in [6.07, 6.45) is 0.944. The fourth-order valence-corrected chi connectivity index (χ4v) is 4.63. The number of ether oxygens (including phenoxy) is 2. The van der Waals surface area contributed by atoms with E-state index < -0.39 is 29.1 Å². The lowest BCUT2D eigenvalue weighted by atomic mass is 9.64. The van der Waals surface area contributed by atoms with Crippen LogP contribution < -0.4 is 0 Å². The Kier molecular flexibility index (Phi) is 3.63. The van der Waals surface area contributed by atoms with Crippen molar-refractivity contribution in [3.63, 3.8) is 0 Å². The van der Waals surface area contributed by atoms with Crippen molar-refractivity contribution in [3.8, 4) is 0 Å². The summed E-state index contributed by atoms with van der Waals surface area (Å²) in [4.78, 5) is 36.2. The summed E-state index contributed by atoms with van der Waals surface area (Å²) in [5.41, 5.74) is -2.40. The van der Waals surface area contributed by atoms with Gasteiger partial charge in [0.05, 0.1) is 5.60 Å². The van der Waals surface area contributed by atoms with Crippen LogP contribution in [0.2, 0.25) is 0 Å². The van der Waals surface area contributed by atoms with E-state index in [9.17, 15) is 19.5 Å². The van der Waals surface area contributed by atoms with E-state index in [1.54, 1.807) is 0 Å². The van der Waals surface area contributed by atoms with E-state index in [4.69, 9.17) is 9.47 Å². The number of Topliss-reactive ketones (excluding diaryl/α,β-unsaturated/α-hetero) is 1. The molecule has 3 rings (SSSR count). The zero-order valence-electron chi connectivity index (χ0n) is 13.5. The predicted octanol–water partition coefficient (Wildman–Crippen LogP) is 1.16. The third-order valence-corrected chi connectivity index (χ3v) is 6.03. The molecule has 1 aliphatic heterocycles. The van der Waals surface area contributed by atoms with Gasteiger partial charge in [0.1, 0.15) is 23.9 Å². The van der Waals surface area contributed by atoms with Crippen molar-refractivity contribution < 1.29 is 29.0 Å². The van der Waals surface area contributed by atoms with Crippen LogP contribution in [0.5, 0.6) is 0 Å². The zero-order chi connectivity index (χ0) is 17.0. The average Bonchev–Trinajstić information content (AvgIpc) is 2.89. The number of rotatable bonds is 2. The van der Waals surface area contributed by atoms with Crippen molar-refractivity contribution in [2.75, 3.05) is 6.61 Å². The molecule has 1 saturated heterocycles. The molecule has 0 aromatic heterocycles. The molecule has 2 saturated carbocycles. The second-order valence-corrected chi connectivity index (χ2v) is 7.04.